The maximum absolute atomic E-state index is 12.3. The first-order valence-corrected chi connectivity index (χ1v) is 7.36. The van der Waals surface area contributed by atoms with Crippen molar-refractivity contribution < 1.29 is 9.53 Å². The van der Waals surface area contributed by atoms with Gasteiger partial charge in [0.25, 0.3) is 5.91 Å². The van der Waals surface area contributed by atoms with E-state index >= 15 is 0 Å². The molecule has 1 amide bonds. The molecule has 1 atom stereocenters. The quantitative estimate of drug-likeness (QED) is 0.833. The number of nitrogens with zero attached hydrogens (tertiary/aromatic N) is 1. The Balaban J connectivity index is 1.69. The molecular formula is C13H16N2O2S. The lowest BCUT2D eigenvalue weighted by atomic mass is 10.2. The molecule has 1 aromatic rings. The molecule has 2 aliphatic heterocycles. The zero-order chi connectivity index (χ0) is 12.4. The molecule has 1 saturated heterocycles. The number of benzene rings is 1. The van der Waals surface area contributed by atoms with Crippen molar-refractivity contribution in [2.24, 2.45) is 0 Å². The number of thioether (sulfide) groups is 1. The van der Waals surface area contributed by atoms with Crippen LogP contribution in [0.25, 0.3) is 0 Å². The van der Waals surface area contributed by atoms with Crippen LogP contribution in [0.2, 0.25) is 0 Å². The van der Waals surface area contributed by atoms with Crippen molar-refractivity contribution in [3.05, 3.63) is 24.3 Å². The van der Waals surface area contributed by atoms with E-state index in [1.165, 1.54) is 0 Å². The number of carbonyl (C=O) groups is 1. The normalized spacial score (nSPS) is 22.7. The van der Waals surface area contributed by atoms with Gasteiger partial charge in [0.1, 0.15) is 5.75 Å². The van der Waals surface area contributed by atoms with Crippen molar-refractivity contribution in [3.63, 3.8) is 0 Å². The second kappa shape index (κ2) is 5.10. The lowest BCUT2D eigenvalue weighted by molar-refractivity contribution is -0.137. The lowest BCUT2D eigenvalue weighted by Crippen LogP contribution is -2.49. The molecule has 0 radical (unpaired) electrons. The molecule has 1 unspecified atom stereocenters. The fraction of sp³-hybridized carbons (Fsp3) is 0.462. The minimum Gasteiger partial charge on any atom is -0.477 e. The predicted octanol–water partition coefficient (Wildman–Crippen LogP) is 1.43. The maximum atomic E-state index is 12.3. The smallest absolute Gasteiger partial charge is 0.265 e. The van der Waals surface area contributed by atoms with Gasteiger partial charge in [-0.1, -0.05) is 12.1 Å². The third-order valence-corrected chi connectivity index (χ3v) is 4.17. The van der Waals surface area contributed by atoms with Crippen molar-refractivity contribution >= 4 is 23.4 Å². The Hall–Kier alpha value is -1.36. The molecule has 0 aliphatic carbocycles. The van der Waals surface area contributed by atoms with Gasteiger partial charge in [0, 0.05) is 24.6 Å². The van der Waals surface area contributed by atoms with E-state index in [4.69, 9.17) is 4.74 Å². The number of hydrogen-bond acceptors (Lipinski definition) is 4. The minimum absolute atomic E-state index is 0.109. The van der Waals surface area contributed by atoms with Gasteiger partial charge in [-0.25, -0.2) is 0 Å². The second-order valence-corrected chi connectivity index (χ2v) is 5.65. The van der Waals surface area contributed by atoms with Crippen molar-refractivity contribution in [3.8, 4) is 5.75 Å². The summed E-state index contributed by atoms with van der Waals surface area (Å²) in [7, 11) is 0. The van der Waals surface area contributed by atoms with Crippen LogP contribution in [-0.4, -0.2) is 48.1 Å². The Labute approximate surface area is 111 Å². The largest absolute Gasteiger partial charge is 0.477 e. The summed E-state index contributed by atoms with van der Waals surface area (Å²) in [5.41, 5.74) is 0.968. The minimum atomic E-state index is -0.386. The number of carbonyl (C=O) groups excluding carboxylic acids is 1. The Morgan fingerprint density at radius 2 is 2.11 bits per heavy atom. The summed E-state index contributed by atoms with van der Waals surface area (Å²) in [4.78, 5) is 14.2. The Morgan fingerprint density at radius 1 is 1.33 bits per heavy atom. The van der Waals surface area contributed by atoms with Crippen molar-refractivity contribution in [2.75, 3.05) is 36.5 Å². The third-order valence-electron chi connectivity index (χ3n) is 3.23. The maximum Gasteiger partial charge on any atom is 0.265 e. The van der Waals surface area contributed by atoms with Gasteiger partial charge >= 0.3 is 0 Å². The van der Waals surface area contributed by atoms with Gasteiger partial charge in [0.15, 0.2) is 6.10 Å². The molecule has 0 spiro atoms. The molecule has 3 rings (SSSR count). The van der Waals surface area contributed by atoms with Crippen LogP contribution < -0.4 is 10.1 Å². The first-order chi connectivity index (χ1) is 8.84. The second-order valence-electron chi connectivity index (χ2n) is 4.42. The van der Waals surface area contributed by atoms with E-state index in [1.807, 2.05) is 40.9 Å². The summed E-state index contributed by atoms with van der Waals surface area (Å²) in [6.45, 7) is 2.23. The van der Waals surface area contributed by atoms with Crippen LogP contribution in [0.4, 0.5) is 5.69 Å². The Kier molecular flexibility index (Phi) is 3.32. The first kappa shape index (κ1) is 11.7. The van der Waals surface area contributed by atoms with E-state index in [1.54, 1.807) is 0 Å². The summed E-state index contributed by atoms with van der Waals surface area (Å²) in [6, 6.07) is 7.74. The number of amides is 1. The van der Waals surface area contributed by atoms with Gasteiger partial charge in [0.05, 0.1) is 12.2 Å². The molecule has 0 bridgehead atoms. The monoisotopic (exact) mass is 264 g/mol. The Morgan fingerprint density at radius 3 is 2.94 bits per heavy atom. The number of fused-ring (bicyclic) bond motifs is 1. The summed E-state index contributed by atoms with van der Waals surface area (Å²) < 4.78 is 5.79. The zero-order valence-corrected chi connectivity index (χ0v) is 10.9. The number of anilines is 1. The molecule has 0 saturated carbocycles. The van der Waals surface area contributed by atoms with Crippen LogP contribution >= 0.6 is 11.8 Å². The molecule has 1 N–H and O–H groups in total. The first-order valence-electron chi connectivity index (χ1n) is 6.21. The van der Waals surface area contributed by atoms with Crippen LogP contribution in [0.1, 0.15) is 0 Å². The van der Waals surface area contributed by atoms with Crippen molar-refractivity contribution in [1.82, 2.24) is 4.90 Å². The average molecular weight is 264 g/mol. The van der Waals surface area contributed by atoms with E-state index in [-0.39, 0.29) is 12.0 Å². The molecule has 4 nitrogen and oxygen atoms in total. The number of hydrogen-bond donors (Lipinski definition) is 1. The highest BCUT2D eigenvalue weighted by atomic mass is 32.2. The molecule has 2 heterocycles. The van der Waals surface area contributed by atoms with Crippen LogP contribution in [0.15, 0.2) is 24.3 Å². The Bertz CT molecular complexity index is 446. The summed E-state index contributed by atoms with van der Waals surface area (Å²) in [5.74, 6) is 2.94. The fourth-order valence-corrected chi connectivity index (χ4v) is 3.14. The average Bonchev–Trinajstić information content (AvgIpc) is 2.47. The molecule has 1 aromatic carbocycles. The van der Waals surface area contributed by atoms with Crippen LogP contribution in [0.5, 0.6) is 5.75 Å². The van der Waals surface area contributed by atoms with Crippen LogP contribution in [0.3, 0.4) is 0 Å². The molecule has 0 aromatic heterocycles. The van der Waals surface area contributed by atoms with Crippen LogP contribution in [0, 0.1) is 0 Å². The van der Waals surface area contributed by atoms with Gasteiger partial charge in [-0.3, -0.25) is 4.79 Å². The van der Waals surface area contributed by atoms with E-state index in [2.05, 4.69) is 5.32 Å². The highest BCUT2D eigenvalue weighted by Gasteiger charge is 2.30. The molecule has 96 valence electrons. The van der Waals surface area contributed by atoms with Crippen molar-refractivity contribution in [1.29, 1.82) is 0 Å². The number of para-hydroxylation sites is 2. The highest BCUT2D eigenvalue weighted by molar-refractivity contribution is 7.99. The van der Waals surface area contributed by atoms with E-state index in [0.29, 0.717) is 6.54 Å². The van der Waals surface area contributed by atoms with Gasteiger partial charge in [-0.2, -0.15) is 11.8 Å². The number of ether oxygens (including phenoxy) is 1. The molecule has 1 fully saturated rings. The van der Waals surface area contributed by atoms with Gasteiger partial charge in [0.2, 0.25) is 0 Å². The van der Waals surface area contributed by atoms with E-state index < -0.39 is 0 Å². The third kappa shape index (κ3) is 2.27. The van der Waals surface area contributed by atoms with Gasteiger partial charge in [-0.15, -0.1) is 0 Å². The predicted molar refractivity (Wildman–Crippen MR) is 73.3 cm³/mol. The van der Waals surface area contributed by atoms with Crippen LogP contribution in [-0.2, 0) is 4.79 Å². The van der Waals surface area contributed by atoms with Crippen molar-refractivity contribution in [2.45, 2.75) is 6.10 Å². The topological polar surface area (TPSA) is 41.6 Å². The molecule has 2 aliphatic rings. The molecule has 18 heavy (non-hydrogen) atoms. The molecular weight excluding hydrogens is 248 g/mol. The van der Waals surface area contributed by atoms with Gasteiger partial charge in [-0.05, 0) is 12.1 Å². The molecule has 5 heteroatoms. The summed E-state index contributed by atoms with van der Waals surface area (Å²) in [6.07, 6.45) is -0.386. The highest BCUT2D eigenvalue weighted by Crippen LogP contribution is 2.28. The van der Waals surface area contributed by atoms with Gasteiger partial charge < -0.3 is 15.0 Å². The zero-order valence-electron chi connectivity index (χ0n) is 10.1. The van der Waals surface area contributed by atoms with E-state index in [0.717, 1.165) is 36.0 Å². The van der Waals surface area contributed by atoms with E-state index in [9.17, 15) is 4.79 Å². The standard InChI is InChI=1S/C13H16N2O2S/c16-13(15-5-7-18-8-6-15)12-9-14-10-3-1-2-4-11(10)17-12/h1-4,12,14H,5-9H2. The fourth-order valence-electron chi connectivity index (χ4n) is 2.24. The lowest BCUT2D eigenvalue weighted by Gasteiger charge is -2.33. The number of nitrogens with one attached hydrogen (secondary N) is 1. The summed E-state index contributed by atoms with van der Waals surface area (Å²) in [5, 5.41) is 3.25. The summed E-state index contributed by atoms with van der Waals surface area (Å²) >= 11 is 1.90. The number of rotatable bonds is 1. The SMILES string of the molecule is O=C(C1CNc2ccccc2O1)N1CCSCC1.